The van der Waals surface area contributed by atoms with Gasteiger partial charge in [-0.2, -0.15) is 9.69 Å². The summed E-state index contributed by atoms with van der Waals surface area (Å²) in [4.78, 5) is 16.9. The molecule has 2 aromatic carbocycles. The van der Waals surface area contributed by atoms with Gasteiger partial charge in [0, 0.05) is 29.4 Å². The van der Waals surface area contributed by atoms with Crippen LogP contribution in [-0.2, 0) is 0 Å². The van der Waals surface area contributed by atoms with Gasteiger partial charge >= 0.3 is 5.82 Å². The zero-order valence-electron chi connectivity index (χ0n) is 16.6. The topological polar surface area (TPSA) is 28.7 Å². The monoisotopic (exact) mass is 401 g/mol. The summed E-state index contributed by atoms with van der Waals surface area (Å²) < 4.78 is 0. The third-order valence-electron chi connectivity index (χ3n) is 4.43. The molecule has 0 spiro atoms. The normalized spacial score (nSPS) is 10.4. The van der Waals surface area contributed by atoms with E-state index >= 15 is 0 Å². The third kappa shape index (κ3) is 5.02. The van der Waals surface area contributed by atoms with Crippen LogP contribution in [0.5, 0.6) is 0 Å². The number of benzene rings is 2. The van der Waals surface area contributed by atoms with Crippen LogP contribution in [0.3, 0.4) is 0 Å². The van der Waals surface area contributed by atoms with Crippen LogP contribution >= 0.6 is 11.6 Å². The molecule has 2 rings (SSSR count). The molecule has 0 radical (unpaired) electrons. The van der Waals surface area contributed by atoms with E-state index in [-0.39, 0.29) is 17.2 Å². The molecule has 0 fully saturated rings. The highest BCUT2D eigenvalue weighted by atomic mass is 35.5. The molecule has 144 valence electrons. The minimum atomic E-state index is -0.195. The van der Waals surface area contributed by atoms with Crippen molar-refractivity contribution in [2.75, 3.05) is 18.0 Å². The van der Waals surface area contributed by atoms with Crippen molar-refractivity contribution in [1.29, 1.82) is 0 Å². The van der Waals surface area contributed by atoms with Crippen LogP contribution in [0.4, 0.5) is 11.4 Å². The number of amidine groups is 1. The lowest BCUT2D eigenvalue weighted by atomic mass is 10.0. The second-order valence-electron chi connectivity index (χ2n) is 6.12. The average molecular weight is 402 g/mol. The average Bonchev–Trinajstić information content (AvgIpc) is 2.73. The van der Waals surface area contributed by atoms with Crippen LogP contribution in [0.1, 0.15) is 25.0 Å². The molecule has 0 N–H and O–H groups in total. The van der Waals surface area contributed by atoms with Crippen LogP contribution in [0.15, 0.2) is 53.3 Å². The Morgan fingerprint density at radius 3 is 2.07 bits per heavy atom. The van der Waals surface area contributed by atoms with E-state index in [1.165, 1.54) is 0 Å². The van der Waals surface area contributed by atoms with Crippen LogP contribution in [0, 0.1) is 26.6 Å². The van der Waals surface area contributed by atoms with Crippen LogP contribution in [0.2, 0.25) is 5.02 Å². The number of aliphatic imine (C=N–C) groups is 1. The van der Waals surface area contributed by atoms with Gasteiger partial charge in [-0.05, 0) is 56.7 Å². The summed E-state index contributed by atoms with van der Waals surface area (Å²) in [6.45, 7) is 30.3. The molecule has 29 heavy (non-hydrogen) atoms. The maximum atomic E-state index is 7.64. The van der Waals surface area contributed by atoms with Gasteiger partial charge in [0.15, 0.2) is 5.69 Å². The molecule has 0 aromatic heterocycles. The van der Waals surface area contributed by atoms with Crippen molar-refractivity contribution in [3.8, 4) is 0 Å². The van der Waals surface area contributed by atoms with Crippen LogP contribution < -0.4 is 4.90 Å². The van der Waals surface area contributed by atoms with Crippen molar-refractivity contribution < 1.29 is 0 Å². The number of anilines is 1. The number of aryl methyl sites for hydroxylation is 1. The first-order chi connectivity index (χ1) is 14.0. The fraction of sp³-hybridized carbons (Fsp3) is 0.217. The lowest BCUT2D eigenvalue weighted by Crippen LogP contribution is -2.21. The van der Waals surface area contributed by atoms with Crippen molar-refractivity contribution in [3.63, 3.8) is 0 Å². The maximum Gasteiger partial charge on any atom is 0.518 e. The molecule has 0 bridgehead atoms. The highest BCUT2D eigenvalue weighted by Crippen LogP contribution is 2.30. The van der Waals surface area contributed by atoms with Gasteiger partial charge in [0.1, 0.15) is 18.7 Å². The maximum absolute atomic E-state index is 7.64. The largest absolute Gasteiger partial charge is 0.518 e. The van der Waals surface area contributed by atoms with E-state index in [1.54, 1.807) is 24.3 Å². The molecule has 0 amide bonds. The zero-order valence-corrected chi connectivity index (χ0v) is 17.3. The minimum absolute atomic E-state index is 0.00742. The summed E-state index contributed by atoms with van der Waals surface area (Å²) in [5.74, 6) is -0.188. The van der Waals surface area contributed by atoms with Gasteiger partial charge in [0.2, 0.25) is 0 Å². The molecule has 0 atom stereocenters. The van der Waals surface area contributed by atoms with Gasteiger partial charge in [-0.1, -0.05) is 30.3 Å². The molecule has 0 heterocycles. The van der Waals surface area contributed by atoms with E-state index in [9.17, 15) is 0 Å². The number of nitrogens with zero attached hydrogens (tertiary/aromatic N) is 5. The van der Waals surface area contributed by atoms with Gasteiger partial charge in [-0.3, -0.25) is 0 Å². The molecule has 6 heteroatoms. The fourth-order valence-corrected chi connectivity index (χ4v) is 3.04. The third-order valence-corrected chi connectivity index (χ3v) is 4.69. The molecule has 0 aliphatic carbocycles. The molecule has 5 nitrogen and oxygen atoms in total. The predicted octanol–water partition coefficient (Wildman–Crippen LogP) is 6.65. The Bertz CT molecular complexity index is 1060. The first kappa shape index (κ1) is 21.7. The Morgan fingerprint density at radius 1 is 0.966 bits per heavy atom. The fourth-order valence-electron chi connectivity index (χ4n) is 2.91. The smallest absolute Gasteiger partial charge is 0.372 e. The molecular formula is C23H20ClN5. The van der Waals surface area contributed by atoms with Crippen LogP contribution in [0.25, 0.3) is 20.1 Å². The number of hydrogen-bond acceptors (Lipinski definition) is 2. The quantitative estimate of drug-likeness (QED) is 0.302. The molecule has 0 aliphatic rings. The minimum Gasteiger partial charge on any atom is -0.372 e. The van der Waals surface area contributed by atoms with E-state index in [0.29, 0.717) is 16.3 Å². The summed E-state index contributed by atoms with van der Waals surface area (Å²) in [6, 6.07) is 12.6. The van der Waals surface area contributed by atoms with Gasteiger partial charge in [0.05, 0.1) is 0 Å². The Balaban J connectivity index is 2.63. The summed E-state index contributed by atoms with van der Waals surface area (Å²) in [5.41, 5.74) is 3.41. The molecule has 0 unspecified atom stereocenters. The zero-order chi connectivity index (χ0) is 21.4. The molecule has 0 saturated carbocycles. The Kier molecular flexibility index (Phi) is 7.55. The van der Waals surface area contributed by atoms with E-state index in [1.807, 2.05) is 25.1 Å². The Hall–Kier alpha value is -3.59. The first-order valence-electron chi connectivity index (χ1n) is 9.06. The van der Waals surface area contributed by atoms with Crippen molar-refractivity contribution in [2.24, 2.45) is 4.99 Å². The van der Waals surface area contributed by atoms with Crippen molar-refractivity contribution in [3.05, 3.63) is 98.7 Å². The molecule has 2 aromatic rings. The number of rotatable bonds is 6. The van der Waals surface area contributed by atoms with Gasteiger partial charge < -0.3 is 9.74 Å². The molecular weight excluding hydrogens is 382 g/mol. The standard InChI is InChI=1S/C23H20ClN5/c1-7-29(8-2)19-13-14-20(16(3)15-19)28-23(27-6)21(22(25-4)26-5)17-9-11-18(24)12-10-17/h9-15H,7-8H2,1-3H3. The highest BCUT2D eigenvalue weighted by molar-refractivity contribution is 6.31. The second kappa shape index (κ2) is 10.1. The van der Waals surface area contributed by atoms with Gasteiger partial charge in [0.25, 0.3) is 5.84 Å². The summed E-state index contributed by atoms with van der Waals surface area (Å²) in [5, 5.41) is 0.532. The van der Waals surface area contributed by atoms with Crippen molar-refractivity contribution >= 4 is 34.4 Å². The second-order valence-corrected chi connectivity index (χ2v) is 6.56. The first-order valence-corrected chi connectivity index (χ1v) is 9.44. The molecule has 0 saturated heterocycles. The van der Waals surface area contributed by atoms with Crippen molar-refractivity contribution in [2.45, 2.75) is 20.8 Å². The lowest BCUT2D eigenvalue weighted by Gasteiger charge is -2.21. The van der Waals surface area contributed by atoms with Gasteiger partial charge in [-0.25, -0.2) is 0 Å². The van der Waals surface area contributed by atoms with E-state index in [2.05, 4.69) is 38.3 Å². The Morgan fingerprint density at radius 2 is 1.59 bits per heavy atom. The number of hydrogen-bond donors (Lipinski definition) is 0. The van der Waals surface area contributed by atoms with E-state index < -0.39 is 0 Å². The summed E-state index contributed by atoms with van der Waals surface area (Å²) in [7, 11) is 0. The summed E-state index contributed by atoms with van der Waals surface area (Å²) in [6.07, 6.45) is 0. The summed E-state index contributed by atoms with van der Waals surface area (Å²) >= 11 is 5.96. The van der Waals surface area contributed by atoms with E-state index in [4.69, 9.17) is 31.3 Å². The van der Waals surface area contributed by atoms with Crippen LogP contribution in [-0.4, -0.2) is 18.9 Å². The number of halogens is 1. The van der Waals surface area contributed by atoms with Crippen molar-refractivity contribution in [1.82, 2.24) is 0 Å². The molecule has 0 aliphatic heterocycles. The SMILES string of the molecule is [C-]#[N+]C(=Nc1ccc(N(CC)CC)cc1C)C(=C([N+]#[C-])[N+]#[C-])c1ccc(Cl)cc1. The van der Waals surface area contributed by atoms with Gasteiger partial charge in [-0.15, -0.1) is 4.99 Å². The predicted molar refractivity (Wildman–Crippen MR) is 120 cm³/mol. The highest BCUT2D eigenvalue weighted by Gasteiger charge is 2.23. The lowest BCUT2D eigenvalue weighted by molar-refractivity contribution is 0.865. The van der Waals surface area contributed by atoms with E-state index in [0.717, 1.165) is 24.3 Å². The Labute approximate surface area is 177 Å².